The van der Waals surface area contributed by atoms with E-state index in [9.17, 15) is 28.2 Å². The summed E-state index contributed by atoms with van der Waals surface area (Å²) in [5.74, 6) is -0.767. The van der Waals surface area contributed by atoms with Gasteiger partial charge in [0.25, 0.3) is 5.91 Å². The maximum atomic E-state index is 13.1. The number of halogens is 3. The first-order valence-corrected chi connectivity index (χ1v) is 11.4. The number of piperidine rings is 1. The van der Waals surface area contributed by atoms with Gasteiger partial charge in [-0.05, 0) is 51.7 Å². The molecule has 0 radical (unpaired) electrons. The quantitative estimate of drug-likeness (QED) is 0.486. The maximum absolute atomic E-state index is 13.1. The van der Waals surface area contributed by atoms with E-state index in [1.54, 1.807) is 36.7 Å². The number of hydrogen-bond acceptors (Lipinski definition) is 6. The number of aliphatic hydroxyl groups is 2. The number of rotatable bonds is 6. The predicted octanol–water partition coefficient (Wildman–Crippen LogP) is 3.67. The Bertz CT molecular complexity index is 1210. The standard InChI is InChI=1S/C24H28F3N5O3/c1-23(2,35)9-6-15-13-32-14-18(19(12-21(32)28-15)31-10-7-16(33)8-11-31)30-22(34)17-4-3-5-20(29-17)24(25,26)27/h3-5,12-14,16,33,35H,6-11H2,1-2H3,(H,30,34). The Hall–Kier alpha value is -3.18. The lowest BCUT2D eigenvalue weighted by Gasteiger charge is -2.32. The molecule has 3 N–H and O–H groups in total. The molecule has 0 bridgehead atoms. The largest absolute Gasteiger partial charge is 0.433 e. The summed E-state index contributed by atoms with van der Waals surface area (Å²) in [4.78, 5) is 23.0. The molecule has 0 saturated carbocycles. The van der Waals surface area contributed by atoms with Crippen molar-refractivity contribution in [3.8, 4) is 0 Å². The van der Waals surface area contributed by atoms with Crippen LogP contribution < -0.4 is 10.2 Å². The van der Waals surface area contributed by atoms with Crippen molar-refractivity contribution >= 4 is 22.9 Å². The third-order valence-electron chi connectivity index (χ3n) is 5.94. The maximum Gasteiger partial charge on any atom is 0.433 e. The zero-order valence-corrected chi connectivity index (χ0v) is 19.5. The Labute approximate surface area is 200 Å². The fourth-order valence-electron chi connectivity index (χ4n) is 4.00. The van der Waals surface area contributed by atoms with Crippen LogP contribution in [-0.2, 0) is 12.6 Å². The van der Waals surface area contributed by atoms with Crippen molar-refractivity contribution < 1.29 is 28.2 Å². The van der Waals surface area contributed by atoms with Gasteiger partial charge in [0.1, 0.15) is 17.0 Å². The number of aryl methyl sites for hydroxylation is 1. The van der Waals surface area contributed by atoms with Gasteiger partial charge in [0.15, 0.2) is 0 Å². The number of nitrogens with one attached hydrogen (secondary N) is 1. The van der Waals surface area contributed by atoms with Crippen LogP contribution in [0.5, 0.6) is 0 Å². The molecular formula is C24H28F3N5O3. The Morgan fingerprint density at radius 2 is 1.89 bits per heavy atom. The number of amides is 1. The minimum Gasteiger partial charge on any atom is -0.393 e. The Kier molecular flexibility index (Phi) is 6.74. The number of carbonyl (C=O) groups excluding carboxylic acids is 1. The predicted molar refractivity (Wildman–Crippen MR) is 124 cm³/mol. The van der Waals surface area contributed by atoms with E-state index in [1.807, 2.05) is 4.90 Å². The molecule has 188 valence electrons. The van der Waals surface area contributed by atoms with Crippen LogP contribution in [0.3, 0.4) is 0 Å². The van der Waals surface area contributed by atoms with E-state index in [0.29, 0.717) is 55.8 Å². The Balaban J connectivity index is 1.67. The van der Waals surface area contributed by atoms with Crippen molar-refractivity contribution in [2.75, 3.05) is 23.3 Å². The minimum absolute atomic E-state index is 0.351. The van der Waals surface area contributed by atoms with Crippen LogP contribution >= 0.6 is 0 Å². The number of pyridine rings is 2. The topological polar surface area (TPSA) is 103 Å². The number of nitrogens with zero attached hydrogens (tertiary/aromatic N) is 4. The van der Waals surface area contributed by atoms with Gasteiger partial charge in [-0.2, -0.15) is 13.2 Å². The smallest absolute Gasteiger partial charge is 0.393 e. The highest BCUT2D eigenvalue weighted by Crippen LogP contribution is 2.32. The summed E-state index contributed by atoms with van der Waals surface area (Å²) in [6.07, 6.45) is 0.570. The van der Waals surface area contributed by atoms with Crippen molar-refractivity contribution in [2.24, 2.45) is 0 Å². The van der Waals surface area contributed by atoms with Crippen molar-refractivity contribution in [2.45, 2.75) is 57.4 Å². The molecule has 3 aromatic heterocycles. The number of imidazole rings is 1. The first kappa shape index (κ1) is 24.9. The van der Waals surface area contributed by atoms with Crippen LogP contribution in [0.2, 0.25) is 0 Å². The molecule has 1 aliphatic heterocycles. The van der Waals surface area contributed by atoms with E-state index < -0.39 is 29.5 Å². The Morgan fingerprint density at radius 3 is 2.54 bits per heavy atom. The average molecular weight is 492 g/mol. The molecule has 0 unspecified atom stereocenters. The van der Waals surface area contributed by atoms with Gasteiger partial charge in [-0.1, -0.05) is 6.07 Å². The molecule has 1 amide bonds. The monoisotopic (exact) mass is 491 g/mol. The molecule has 1 fully saturated rings. The number of aliphatic hydroxyl groups excluding tert-OH is 1. The fourth-order valence-corrected chi connectivity index (χ4v) is 4.00. The lowest BCUT2D eigenvalue weighted by atomic mass is 10.0. The summed E-state index contributed by atoms with van der Waals surface area (Å²) in [6, 6.07) is 4.99. The van der Waals surface area contributed by atoms with E-state index in [1.165, 1.54) is 6.07 Å². The number of alkyl halides is 3. The highest BCUT2D eigenvalue weighted by molar-refractivity contribution is 6.04. The van der Waals surface area contributed by atoms with Crippen LogP contribution in [0.15, 0.2) is 36.7 Å². The lowest BCUT2D eigenvalue weighted by Crippen LogP contribution is -2.36. The van der Waals surface area contributed by atoms with E-state index in [0.717, 1.165) is 17.8 Å². The molecule has 0 spiro atoms. The summed E-state index contributed by atoms with van der Waals surface area (Å²) in [6.45, 7) is 4.55. The molecule has 0 aliphatic carbocycles. The first-order chi connectivity index (χ1) is 16.4. The van der Waals surface area contributed by atoms with Crippen LogP contribution in [0.1, 0.15) is 55.0 Å². The molecule has 1 saturated heterocycles. The van der Waals surface area contributed by atoms with Gasteiger partial charge in [-0.3, -0.25) is 4.79 Å². The number of aromatic nitrogens is 3. The number of fused-ring (bicyclic) bond motifs is 1. The summed E-state index contributed by atoms with van der Waals surface area (Å²) in [5.41, 5.74) is 0.108. The molecule has 11 heteroatoms. The molecule has 3 aromatic rings. The van der Waals surface area contributed by atoms with Gasteiger partial charge in [-0.15, -0.1) is 0 Å². The third kappa shape index (κ3) is 6.09. The van der Waals surface area contributed by atoms with E-state index in [2.05, 4.69) is 15.3 Å². The molecule has 1 aliphatic rings. The van der Waals surface area contributed by atoms with Crippen LogP contribution in [0.25, 0.3) is 5.65 Å². The molecule has 8 nitrogen and oxygen atoms in total. The summed E-state index contributed by atoms with van der Waals surface area (Å²) in [7, 11) is 0. The first-order valence-electron chi connectivity index (χ1n) is 11.4. The molecule has 0 aromatic carbocycles. The molecule has 4 heterocycles. The third-order valence-corrected chi connectivity index (χ3v) is 5.94. The summed E-state index contributed by atoms with van der Waals surface area (Å²) in [5, 5.41) is 22.6. The lowest BCUT2D eigenvalue weighted by molar-refractivity contribution is -0.141. The van der Waals surface area contributed by atoms with Gasteiger partial charge in [0, 0.05) is 31.5 Å². The number of carbonyl (C=O) groups is 1. The highest BCUT2D eigenvalue weighted by atomic mass is 19.4. The molecule has 0 atom stereocenters. The van der Waals surface area contributed by atoms with Gasteiger partial charge in [0.2, 0.25) is 0 Å². The van der Waals surface area contributed by atoms with Gasteiger partial charge >= 0.3 is 6.18 Å². The fraction of sp³-hybridized carbons (Fsp3) is 0.458. The second kappa shape index (κ2) is 9.46. The summed E-state index contributed by atoms with van der Waals surface area (Å²) >= 11 is 0. The number of hydrogen-bond donors (Lipinski definition) is 3. The molecular weight excluding hydrogens is 463 g/mol. The second-order valence-electron chi connectivity index (χ2n) is 9.46. The second-order valence-corrected chi connectivity index (χ2v) is 9.46. The molecule has 4 rings (SSSR count). The van der Waals surface area contributed by atoms with Gasteiger partial charge in [-0.25, -0.2) is 9.97 Å². The van der Waals surface area contributed by atoms with Crippen LogP contribution in [-0.4, -0.2) is 55.3 Å². The minimum atomic E-state index is -4.66. The van der Waals surface area contributed by atoms with Crippen LogP contribution in [0.4, 0.5) is 24.5 Å². The normalized spacial score (nSPS) is 15.6. The number of anilines is 2. The van der Waals surface area contributed by atoms with Gasteiger partial charge < -0.3 is 24.8 Å². The van der Waals surface area contributed by atoms with E-state index >= 15 is 0 Å². The zero-order valence-electron chi connectivity index (χ0n) is 19.5. The Morgan fingerprint density at radius 1 is 1.17 bits per heavy atom. The van der Waals surface area contributed by atoms with E-state index in [-0.39, 0.29) is 5.69 Å². The molecule has 35 heavy (non-hydrogen) atoms. The average Bonchev–Trinajstić information content (AvgIpc) is 3.19. The van der Waals surface area contributed by atoms with Crippen LogP contribution in [0, 0.1) is 0 Å². The highest BCUT2D eigenvalue weighted by Gasteiger charge is 2.33. The zero-order chi connectivity index (χ0) is 25.4. The van der Waals surface area contributed by atoms with Crippen molar-refractivity contribution in [3.05, 3.63) is 53.7 Å². The SMILES string of the molecule is CC(C)(O)CCc1cn2cc(NC(=O)c3cccc(C(F)(F)F)n3)c(N3CCC(O)CC3)cc2n1. The van der Waals surface area contributed by atoms with Crippen molar-refractivity contribution in [3.63, 3.8) is 0 Å². The van der Waals surface area contributed by atoms with Crippen molar-refractivity contribution in [1.82, 2.24) is 14.4 Å². The summed E-state index contributed by atoms with van der Waals surface area (Å²) < 4.78 is 40.9. The van der Waals surface area contributed by atoms with Crippen molar-refractivity contribution in [1.29, 1.82) is 0 Å². The van der Waals surface area contributed by atoms with E-state index in [4.69, 9.17) is 0 Å². The van der Waals surface area contributed by atoms with Gasteiger partial charge in [0.05, 0.1) is 28.8 Å².